The number of hydrogen-bond acceptors (Lipinski definition) is 1. The monoisotopic (exact) mass is 486 g/mol. The summed E-state index contributed by atoms with van der Waals surface area (Å²) in [5, 5.41) is 0. The average molecular weight is 487 g/mol. The number of benzene rings is 2. The maximum Gasteiger partial charge on any atom is 0.162 e. The van der Waals surface area contributed by atoms with Gasteiger partial charge in [0.2, 0.25) is 0 Å². The Kier molecular flexibility index (Phi) is 9.19. The minimum atomic E-state index is -0.618. The summed E-state index contributed by atoms with van der Waals surface area (Å²) in [5.41, 5.74) is 1.87. The second-order valence-corrected chi connectivity index (χ2v) is 11.0. The van der Waals surface area contributed by atoms with Gasteiger partial charge < -0.3 is 4.74 Å². The van der Waals surface area contributed by atoms with Gasteiger partial charge in [0.15, 0.2) is 11.6 Å². The molecule has 2 aromatic rings. The number of unbranched alkanes of at least 4 members (excludes halogenated alkanes) is 1. The van der Waals surface area contributed by atoms with E-state index in [-0.39, 0.29) is 17.7 Å². The van der Waals surface area contributed by atoms with Gasteiger partial charge >= 0.3 is 0 Å². The highest BCUT2D eigenvalue weighted by atomic mass is 19.2. The van der Waals surface area contributed by atoms with E-state index in [0.29, 0.717) is 41.7 Å². The van der Waals surface area contributed by atoms with Gasteiger partial charge in [-0.1, -0.05) is 51.3 Å². The van der Waals surface area contributed by atoms with Crippen molar-refractivity contribution in [1.82, 2.24) is 0 Å². The first-order valence-electron chi connectivity index (χ1n) is 13.8. The summed E-state index contributed by atoms with van der Waals surface area (Å²) in [5.74, 6) is 0.600. The molecule has 2 aromatic carbocycles. The third kappa shape index (κ3) is 6.62. The topological polar surface area (TPSA) is 9.23 Å². The van der Waals surface area contributed by atoms with E-state index < -0.39 is 11.6 Å². The highest BCUT2D eigenvalue weighted by molar-refractivity contribution is 5.32. The van der Waals surface area contributed by atoms with Gasteiger partial charge in [0.25, 0.3) is 0 Å². The van der Waals surface area contributed by atoms with Crippen LogP contribution in [0.15, 0.2) is 30.3 Å². The molecule has 0 atom stereocenters. The predicted octanol–water partition coefficient (Wildman–Crippen LogP) is 9.48. The van der Waals surface area contributed by atoms with Crippen molar-refractivity contribution < 1.29 is 17.9 Å². The number of halogens is 3. The summed E-state index contributed by atoms with van der Waals surface area (Å²) in [6, 6.07) is 8.92. The second-order valence-electron chi connectivity index (χ2n) is 11.0. The van der Waals surface area contributed by atoms with Gasteiger partial charge in [-0.25, -0.2) is 13.2 Å². The zero-order chi connectivity index (χ0) is 24.8. The maximum absolute atomic E-state index is 15.1. The molecule has 0 spiro atoms. The molecule has 35 heavy (non-hydrogen) atoms. The lowest BCUT2D eigenvalue weighted by molar-refractivity contribution is 0.301. The molecule has 2 saturated carbocycles. The Bertz CT molecular complexity index is 956. The Balaban J connectivity index is 1.28. The van der Waals surface area contributed by atoms with Crippen LogP contribution in [-0.4, -0.2) is 6.61 Å². The van der Waals surface area contributed by atoms with E-state index in [0.717, 1.165) is 76.2 Å². The van der Waals surface area contributed by atoms with Crippen LogP contribution in [-0.2, 0) is 6.42 Å². The van der Waals surface area contributed by atoms with Crippen LogP contribution in [0.4, 0.5) is 13.2 Å². The minimum absolute atomic E-state index is 0.0810. The van der Waals surface area contributed by atoms with Crippen LogP contribution in [0.3, 0.4) is 0 Å². The van der Waals surface area contributed by atoms with Crippen LogP contribution in [0.25, 0.3) is 0 Å². The highest BCUT2D eigenvalue weighted by Gasteiger charge is 2.29. The van der Waals surface area contributed by atoms with Crippen molar-refractivity contribution >= 4 is 0 Å². The minimum Gasteiger partial charge on any atom is -0.493 e. The molecule has 0 unspecified atom stereocenters. The Morgan fingerprint density at radius 3 is 1.97 bits per heavy atom. The molecule has 0 amide bonds. The van der Waals surface area contributed by atoms with Crippen molar-refractivity contribution in [2.45, 2.75) is 103 Å². The number of ether oxygens (including phenoxy) is 1. The zero-order valence-corrected chi connectivity index (χ0v) is 21.4. The molecule has 0 radical (unpaired) electrons. The van der Waals surface area contributed by atoms with Crippen molar-refractivity contribution in [1.29, 1.82) is 0 Å². The third-order valence-corrected chi connectivity index (χ3v) is 8.50. The van der Waals surface area contributed by atoms with Gasteiger partial charge in [-0.3, -0.25) is 0 Å². The Morgan fingerprint density at radius 2 is 1.40 bits per heavy atom. The van der Waals surface area contributed by atoms with Crippen LogP contribution in [0, 0.1) is 29.3 Å². The molecule has 1 nitrogen and oxygen atoms in total. The molecular weight excluding hydrogens is 445 g/mol. The Hall–Kier alpha value is -1.97. The third-order valence-electron chi connectivity index (χ3n) is 8.50. The second kappa shape index (κ2) is 12.3. The number of rotatable bonds is 9. The fraction of sp³-hybridized carbons (Fsp3) is 0.613. The van der Waals surface area contributed by atoms with Crippen molar-refractivity contribution in [3.8, 4) is 5.75 Å². The van der Waals surface area contributed by atoms with Crippen LogP contribution in [0.1, 0.15) is 113 Å². The van der Waals surface area contributed by atoms with Gasteiger partial charge in [0.1, 0.15) is 11.6 Å². The van der Waals surface area contributed by atoms with Gasteiger partial charge in [-0.15, -0.1) is 0 Å². The van der Waals surface area contributed by atoms with E-state index >= 15 is 8.78 Å². The van der Waals surface area contributed by atoms with Crippen LogP contribution < -0.4 is 4.74 Å². The summed E-state index contributed by atoms with van der Waals surface area (Å²) < 4.78 is 50.2. The first-order valence-corrected chi connectivity index (χ1v) is 13.8. The van der Waals surface area contributed by atoms with E-state index in [9.17, 15) is 4.39 Å². The van der Waals surface area contributed by atoms with E-state index in [1.165, 1.54) is 6.07 Å². The molecule has 4 heteroatoms. The molecule has 192 valence electrons. The molecule has 0 N–H and O–H groups in total. The fourth-order valence-corrected chi connectivity index (χ4v) is 6.06. The van der Waals surface area contributed by atoms with Crippen molar-refractivity contribution in [3.05, 3.63) is 64.5 Å². The van der Waals surface area contributed by atoms with Gasteiger partial charge in [-0.2, -0.15) is 0 Å². The highest BCUT2D eigenvalue weighted by Crippen LogP contribution is 2.42. The first kappa shape index (κ1) is 26.1. The van der Waals surface area contributed by atoms with E-state index in [1.54, 1.807) is 0 Å². The molecule has 2 aliphatic carbocycles. The maximum atomic E-state index is 15.1. The SMILES string of the molecule is CCCCOc1ccc(CCC2CCC(c3ccc(C4CCC(C)CC4)c(F)c3F)CC2)c(F)c1. The van der Waals surface area contributed by atoms with E-state index in [1.807, 2.05) is 24.3 Å². The standard InChI is InChI=1S/C31H41F3O/c1-3-4-19-35-26-16-15-25(29(32)20-26)14-9-22-7-12-24(13-8-22)28-18-17-27(30(33)31(28)34)23-10-5-21(2)6-11-23/h15-18,20-24H,3-14,19H2,1-2H3. The number of aryl methyl sites for hydroxylation is 1. The van der Waals surface area contributed by atoms with Crippen molar-refractivity contribution in [2.24, 2.45) is 11.8 Å². The molecule has 0 bridgehead atoms. The Morgan fingerprint density at radius 1 is 0.800 bits per heavy atom. The molecule has 2 aliphatic rings. The smallest absolute Gasteiger partial charge is 0.162 e. The molecule has 2 fully saturated rings. The van der Waals surface area contributed by atoms with Crippen molar-refractivity contribution in [2.75, 3.05) is 6.61 Å². The van der Waals surface area contributed by atoms with Crippen LogP contribution >= 0.6 is 0 Å². The van der Waals surface area contributed by atoms with Gasteiger partial charge in [0, 0.05) is 6.07 Å². The lowest BCUT2D eigenvalue weighted by Crippen LogP contribution is -2.17. The van der Waals surface area contributed by atoms with E-state index in [2.05, 4.69) is 13.8 Å². The molecule has 0 heterocycles. The summed E-state index contributed by atoms with van der Waals surface area (Å²) in [4.78, 5) is 0. The van der Waals surface area contributed by atoms with Gasteiger partial charge in [-0.05, 0) is 104 Å². The van der Waals surface area contributed by atoms with Crippen LogP contribution in [0.2, 0.25) is 0 Å². The largest absolute Gasteiger partial charge is 0.493 e. The summed E-state index contributed by atoms with van der Waals surface area (Å²) in [6.45, 7) is 4.96. The van der Waals surface area contributed by atoms with E-state index in [4.69, 9.17) is 4.74 Å². The average Bonchev–Trinajstić information content (AvgIpc) is 2.86. The molecule has 0 saturated heterocycles. The predicted molar refractivity (Wildman–Crippen MR) is 137 cm³/mol. The lowest BCUT2D eigenvalue weighted by Gasteiger charge is -2.30. The molecule has 0 aliphatic heterocycles. The summed E-state index contributed by atoms with van der Waals surface area (Å²) in [7, 11) is 0. The number of hydrogen-bond donors (Lipinski definition) is 0. The normalized spacial score (nSPS) is 24.9. The molecular formula is C31H41F3O. The summed E-state index contributed by atoms with van der Waals surface area (Å²) >= 11 is 0. The zero-order valence-electron chi connectivity index (χ0n) is 21.4. The summed E-state index contributed by atoms with van der Waals surface area (Å²) in [6.07, 6.45) is 11.4. The Labute approximate surface area is 209 Å². The molecule has 4 rings (SSSR count). The van der Waals surface area contributed by atoms with Gasteiger partial charge in [0.05, 0.1) is 6.61 Å². The lowest BCUT2D eigenvalue weighted by atomic mass is 9.75. The first-order chi connectivity index (χ1) is 17.0. The van der Waals surface area contributed by atoms with Crippen molar-refractivity contribution in [3.63, 3.8) is 0 Å². The molecule has 0 aromatic heterocycles. The fourth-order valence-electron chi connectivity index (χ4n) is 6.06. The quantitative estimate of drug-likeness (QED) is 0.321. The van der Waals surface area contributed by atoms with Crippen LogP contribution in [0.5, 0.6) is 5.75 Å².